The molecule has 0 bridgehead atoms. The topological polar surface area (TPSA) is 57.6 Å². The molecule has 34 heavy (non-hydrogen) atoms. The Bertz CT molecular complexity index is 1260. The van der Waals surface area contributed by atoms with E-state index in [0.29, 0.717) is 17.4 Å². The van der Waals surface area contributed by atoms with Crippen LogP contribution in [0.5, 0.6) is 0 Å². The normalized spacial score (nSPS) is 24.1. The van der Waals surface area contributed by atoms with E-state index in [-0.39, 0.29) is 13.2 Å². The summed E-state index contributed by atoms with van der Waals surface area (Å²) >= 11 is 0. The molecule has 5 nitrogen and oxygen atoms in total. The number of benzene rings is 1. The molecular formula is C28H31FN4O. The average Bonchev–Trinajstić information content (AvgIpc) is 3.75. The number of halogens is 1. The predicted octanol–water partition coefficient (Wildman–Crippen LogP) is 5.85. The van der Waals surface area contributed by atoms with E-state index in [4.69, 9.17) is 9.98 Å². The summed E-state index contributed by atoms with van der Waals surface area (Å²) in [5.41, 5.74) is 5.70. The highest BCUT2D eigenvalue weighted by Gasteiger charge is 2.51. The second-order valence-electron chi connectivity index (χ2n) is 10.1. The third kappa shape index (κ3) is 3.75. The first-order valence-corrected chi connectivity index (χ1v) is 12.3. The molecule has 4 aliphatic rings. The smallest absolute Gasteiger partial charge is 0.252 e. The molecule has 2 fully saturated rings. The third-order valence-electron chi connectivity index (χ3n) is 7.50. The molecule has 0 saturated heterocycles. The number of aliphatic imine (C=N–C) groups is 1. The maximum absolute atomic E-state index is 13.3. The van der Waals surface area contributed by atoms with Gasteiger partial charge in [-0.05, 0) is 93.5 Å². The minimum Gasteiger partial charge on any atom is -0.341 e. The number of fused-ring (bicyclic) bond motifs is 3. The largest absolute Gasteiger partial charge is 0.341 e. The second-order valence-corrected chi connectivity index (χ2v) is 10.1. The summed E-state index contributed by atoms with van der Waals surface area (Å²) in [7, 11) is 0. The van der Waals surface area contributed by atoms with Gasteiger partial charge in [-0.2, -0.15) is 0 Å². The molecule has 2 aliphatic heterocycles. The molecule has 6 heteroatoms. The maximum Gasteiger partial charge on any atom is 0.252 e. The number of aromatic nitrogens is 1. The van der Waals surface area contributed by atoms with Crippen LogP contribution in [0, 0.1) is 11.7 Å². The van der Waals surface area contributed by atoms with Crippen molar-refractivity contribution in [3.8, 4) is 0 Å². The van der Waals surface area contributed by atoms with Crippen LogP contribution in [0.4, 0.5) is 10.1 Å². The van der Waals surface area contributed by atoms with Crippen LogP contribution in [-0.4, -0.2) is 23.1 Å². The van der Waals surface area contributed by atoms with Crippen molar-refractivity contribution < 1.29 is 10.6 Å². The van der Waals surface area contributed by atoms with Gasteiger partial charge in [0.1, 0.15) is 11.6 Å². The standard InChI is InChI=1S/C28H29FN4O.H2/c1-3-21-14-17(2)4-11-25(30-21)33-16-19-15-22(19)26-23(33)9-10-24(31-26)28(12-13-28)32-27(34)18-5-7-20(29)8-6-18;/h5-11,14,19,22H,3-4,12-13,15-16H2,1-2H3,(H,32,34);1H. The van der Waals surface area contributed by atoms with Crippen molar-refractivity contribution in [3.05, 3.63) is 82.7 Å². The van der Waals surface area contributed by atoms with Gasteiger partial charge in [0.05, 0.1) is 22.6 Å². The Morgan fingerprint density at radius 2 is 2.03 bits per heavy atom. The first-order chi connectivity index (χ1) is 16.5. The van der Waals surface area contributed by atoms with Crippen LogP contribution in [0.25, 0.3) is 0 Å². The zero-order valence-corrected chi connectivity index (χ0v) is 19.6. The molecule has 2 atom stereocenters. The number of nitrogens with zero attached hydrogens (tertiary/aromatic N) is 3. The number of rotatable bonds is 5. The fourth-order valence-electron chi connectivity index (χ4n) is 5.20. The van der Waals surface area contributed by atoms with Gasteiger partial charge in [-0.15, -0.1) is 0 Å². The van der Waals surface area contributed by atoms with Crippen molar-refractivity contribution in [3.63, 3.8) is 0 Å². The number of hydrogen-bond donors (Lipinski definition) is 1. The molecule has 2 saturated carbocycles. The van der Waals surface area contributed by atoms with E-state index in [0.717, 1.165) is 67.3 Å². The lowest BCUT2D eigenvalue weighted by atomic mass is 10.0. The molecular weight excluding hydrogens is 427 g/mol. The van der Waals surface area contributed by atoms with Gasteiger partial charge in [0.25, 0.3) is 5.91 Å². The van der Waals surface area contributed by atoms with Crippen LogP contribution in [0.3, 0.4) is 0 Å². The molecule has 1 N–H and O–H groups in total. The average molecular weight is 459 g/mol. The summed E-state index contributed by atoms with van der Waals surface area (Å²) in [6.07, 6.45) is 9.15. The number of anilines is 1. The van der Waals surface area contributed by atoms with Gasteiger partial charge in [-0.1, -0.05) is 12.5 Å². The third-order valence-corrected chi connectivity index (χ3v) is 7.50. The summed E-state index contributed by atoms with van der Waals surface area (Å²) < 4.78 is 13.3. The van der Waals surface area contributed by atoms with Crippen molar-refractivity contribution in [2.75, 3.05) is 11.4 Å². The number of carbonyl (C=O) groups excluding carboxylic acids is 1. The summed E-state index contributed by atoms with van der Waals surface area (Å²) in [5.74, 6) is 1.60. The predicted molar refractivity (Wildman–Crippen MR) is 134 cm³/mol. The number of carbonyl (C=O) groups is 1. The number of nitrogens with one attached hydrogen (secondary N) is 1. The summed E-state index contributed by atoms with van der Waals surface area (Å²) in [6, 6.07) is 9.92. The van der Waals surface area contributed by atoms with Gasteiger partial charge in [-0.25, -0.2) is 9.38 Å². The Morgan fingerprint density at radius 3 is 2.76 bits per heavy atom. The van der Waals surface area contributed by atoms with Crippen molar-refractivity contribution >= 4 is 17.3 Å². The molecule has 2 unspecified atom stereocenters. The van der Waals surface area contributed by atoms with Gasteiger partial charge in [0, 0.05) is 25.2 Å². The zero-order valence-electron chi connectivity index (χ0n) is 19.6. The van der Waals surface area contributed by atoms with E-state index < -0.39 is 5.54 Å². The fourth-order valence-corrected chi connectivity index (χ4v) is 5.20. The van der Waals surface area contributed by atoms with Gasteiger partial charge in [-0.3, -0.25) is 9.78 Å². The molecule has 2 aliphatic carbocycles. The van der Waals surface area contributed by atoms with Crippen LogP contribution in [-0.2, 0) is 5.54 Å². The highest BCUT2D eigenvalue weighted by molar-refractivity contribution is 5.96. The molecule has 3 heterocycles. The number of amides is 1. The van der Waals surface area contributed by atoms with E-state index in [9.17, 15) is 9.18 Å². The number of allylic oxidation sites excluding steroid dienone is 3. The van der Waals surface area contributed by atoms with Gasteiger partial charge >= 0.3 is 0 Å². The lowest BCUT2D eigenvalue weighted by molar-refractivity contribution is 0.0929. The minimum atomic E-state index is -0.427. The van der Waals surface area contributed by atoms with Gasteiger partial charge in [0.15, 0.2) is 0 Å². The Balaban J connectivity index is 0.00000253. The first-order valence-electron chi connectivity index (χ1n) is 12.3. The van der Waals surface area contributed by atoms with E-state index in [1.165, 1.54) is 29.8 Å². The molecule has 1 aromatic heterocycles. The Hall–Kier alpha value is -3.28. The van der Waals surface area contributed by atoms with E-state index in [2.05, 4.69) is 48.3 Å². The molecule has 0 radical (unpaired) electrons. The van der Waals surface area contributed by atoms with Crippen LogP contribution >= 0.6 is 0 Å². The lowest BCUT2D eigenvalue weighted by Gasteiger charge is -2.31. The Morgan fingerprint density at radius 1 is 1.24 bits per heavy atom. The summed E-state index contributed by atoms with van der Waals surface area (Å²) in [5, 5.41) is 3.18. The van der Waals surface area contributed by atoms with Crippen LogP contribution in [0.2, 0.25) is 0 Å². The quantitative estimate of drug-likeness (QED) is 0.611. The lowest BCUT2D eigenvalue weighted by Crippen LogP contribution is -2.36. The highest BCUT2D eigenvalue weighted by Crippen LogP contribution is 2.56. The van der Waals surface area contributed by atoms with Crippen molar-refractivity contribution in [2.45, 2.75) is 57.4 Å². The highest BCUT2D eigenvalue weighted by atomic mass is 19.1. The molecule has 0 spiro atoms. The van der Waals surface area contributed by atoms with Crippen LogP contribution in [0.1, 0.15) is 75.0 Å². The Kier molecular flexibility index (Phi) is 4.94. The van der Waals surface area contributed by atoms with Crippen molar-refractivity contribution in [2.24, 2.45) is 10.9 Å². The molecule has 1 aromatic carbocycles. The Labute approximate surface area is 201 Å². The molecule has 1 amide bonds. The van der Waals surface area contributed by atoms with Crippen LogP contribution in [0.15, 0.2) is 64.9 Å². The minimum absolute atomic E-state index is 0. The van der Waals surface area contributed by atoms with E-state index in [1.807, 2.05) is 0 Å². The fraction of sp³-hybridized carbons (Fsp3) is 0.393. The second kappa shape index (κ2) is 7.90. The molecule has 2 aromatic rings. The zero-order chi connectivity index (χ0) is 23.4. The van der Waals surface area contributed by atoms with Crippen molar-refractivity contribution in [1.29, 1.82) is 0 Å². The van der Waals surface area contributed by atoms with Crippen LogP contribution < -0.4 is 10.2 Å². The monoisotopic (exact) mass is 458 g/mol. The number of pyridine rings is 1. The van der Waals surface area contributed by atoms with Gasteiger partial charge in [0.2, 0.25) is 0 Å². The van der Waals surface area contributed by atoms with Crippen molar-refractivity contribution in [1.82, 2.24) is 10.3 Å². The van der Waals surface area contributed by atoms with Gasteiger partial charge < -0.3 is 10.2 Å². The SMILES string of the molecule is CCC1=NC(N2CC3CC3c3nc(C4(NC(=O)c5ccc(F)cc5)CC4)ccc32)=CCC(C)=C1.[HH]. The molecule has 176 valence electrons. The number of hydrogen-bond acceptors (Lipinski definition) is 4. The summed E-state index contributed by atoms with van der Waals surface area (Å²) in [4.78, 5) is 25.3. The summed E-state index contributed by atoms with van der Waals surface area (Å²) in [6.45, 7) is 5.29. The molecule has 6 rings (SSSR count). The van der Waals surface area contributed by atoms with E-state index in [1.54, 1.807) is 0 Å². The maximum atomic E-state index is 13.3. The first kappa shape index (κ1) is 21.3. The van der Waals surface area contributed by atoms with E-state index >= 15 is 0 Å².